The molecule has 2 aromatic rings. The Morgan fingerprint density at radius 2 is 2.06 bits per heavy atom. The van der Waals surface area contributed by atoms with E-state index in [1.807, 2.05) is 24.3 Å². The molecule has 0 radical (unpaired) electrons. The van der Waals surface area contributed by atoms with Crippen LogP contribution in [0.25, 0.3) is 5.69 Å². The predicted octanol–water partition coefficient (Wildman–Crippen LogP) is 1.77. The molecule has 1 N–H and O–H groups in total. The first-order valence-corrected chi connectivity index (χ1v) is 5.89. The van der Waals surface area contributed by atoms with Gasteiger partial charge in [-0.3, -0.25) is 4.79 Å². The first-order chi connectivity index (χ1) is 8.70. The van der Waals surface area contributed by atoms with Gasteiger partial charge in [-0.2, -0.15) is 0 Å². The summed E-state index contributed by atoms with van der Waals surface area (Å²) >= 11 is 0. The van der Waals surface area contributed by atoms with E-state index >= 15 is 0 Å². The minimum atomic E-state index is -0.729. The van der Waals surface area contributed by atoms with Gasteiger partial charge in [0.25, 0.3) is 0 Å². The summed E-state index contributed by atoms with van der Waals surface area (Å²) in [4.78, 5) is 10.9. The van der Waals surface area contributed by atoms with Crippen LogP contribution in [-0.2, 0) is 10.2 Å². The highest BCUT2D eigenvalue weighted by Gasteiger charge is 2.45. The Kier molecular flexibility index (Phi) is 2.40. The maximum Gasteiger partial charge on any atom is 0.304 e. The van der Waals surface area contributed by atoms with Crippen LogP contribution >= 0.6 is 0 Å². The van der Waals surface area contributed by atoms with E-state index in [0.717, 1.165) is 24.1 Å². The summed E-state index contributed by atoms with van der Waals surface area (Å²) in [6.45, 7) is 0. The summed E-state index contributed by atoms with van der Waals surface area (Å²) in [5.41, 5.74) is 1.91. The molecule has 18 heavy (non-hydrogen) atoms. The highest BCUT2D eigenvalue weighted by molar-refractivity contribution is 5.70. The highest BCUT2D eigenvalue weighted by Crippen LogP contribution is 2.51. The molecule has 0 unspecified atom stereocenters. The van der Waals surface area contributed by atoms with Gasteiger partial charge in [0.1, 0.15) is 0 Å². The van der Waals surface area contributed by atoms with Crippen LogP contribution in [0.1, 0.15) is 24.8 Å². The number of benzene rings is 1. The van der Waals surface area contributed by atoms with Crippen molar-refractivity contribution in [2.75, 3.05) is 0 Å². The predicted molar refractivity (Wildman–Crippen MR) is 64.5 cm³/mol. The maximum absolute atomic E-state index is 10.9. The molecule has 0 saturated heterocycles. The molecule has 1 aromatic carbocycles. The molecular formula is C13H13N3O2. The standard InChI is InChI=1S/C13H13N3O2/c17-12(18)9-13(5-6-13)10-1-3-11(4-2-10)16-8-7-14-15-16/h1-4,7-8H,5-6,9H2,(H,17,18). The van der Waals surface area contributed by atoms with E-state index in [9.17, 15) is 4.79 Å². The molecule has 0 bridgehead atoms. The molecule has 92 valence electrons. The minimum absolute atomic E-state index is 0.132. The number of rotatable bonds is 4. The lowest BCUT2D eigenvalue weighted by atomic mass is 9.92. The summed E-state index contributed by atoms with van der Waals surface area (Å²) in [5.74, 6) is -0.729. The highest BCUT2D eigenvalue weighted by atomic mass is 16.4. The lowest BCUT2D eigenvalue weighted by Gasteiger charge is -2.13. The van der Waals surface area contributed by atoms with E-state index in [1.165, 1.54) is 0 Å². The van der Waals surface area contributed by atoms with Crippen LogP contribution in [0.4, 0.5) is 0 Å². The number of aliphatic carboxylic acids is 1. The third-order valence-corrected chi connectivity index (χ3v) is 3.51. The van der Waals surface area contributed by atoms with Crippen LogP contribution in [0.3, 0.4) is 0 Å². The van der Waals surface area contributed by atoms with Crippen LogP contribution in [0.15, 0.2) is 36.7 Å². The van der Waals surface area contributed by atoms with E-state index in [0.29, 0.717) is 0 Å². The Labute approximate surface area is 104 Å². The zero-order chi connectivity index (χ0) is 12.6. The van der Waals surface area contributed by atoms with Crippen molar-refractivity contribution in [1.82, 2.24) is 15.0 Å². The van der Waals surface area contributed by atoms with Crippen LogP contribution in [0.5, 0.6) is 0 Å². The first-order valence-electron chi connectivity index (χ1n) is 5.89. The first kappa shape index (κ1) is 11.0. The molecule has 0 spiro atoms. The zero-order valence-electron chi connectivity index (χ0n) is 9.78. The molecule has 1 saturated carbocycles. The number of hydrogen-bond donors (Lipinski definition) is 1. The quantitative estimate of drug-likeness (QED) is 0.888. The van der Waals surface area contributed by atoms with Crippen molar-refractivity contribution in [3.05, 3.63) is 42.2 Å². The summed E-state index contributed by atoms with van der Waals surface area (Å²) in [6.07, 6.45) is 5.54. The fourth-order valence-electron chi connectivity index (χ4n) is 2.32. The second-order valence-electron chi connectivity index (χ2n) is 4.75. The van der Waals surface area contributed by atoms with Gasteiger partial charge in [-0.25, -0.2) is 4.68 Å². The SMILES string of the molecule is O=C(O)CC1(c2ccc(-n3ccnn3)cc2)CC1. The van der Waals surface area contributed by atoms with Crippen molar-refractivity contribution in [2.45, 2.75) is 24.7 Å². The molecule has 3 rings (SSSR count). The lowest BCUT2D eigenvalue weighted by Crippen LogP contribution is -2.12. The maximum atomic E-state index is 10.9. The Morgan fingerprint density at radius 3 is 2.56 bits per heavy atom. The number of carbonyl (C=O) groups is 1. The Hall–Kier alpha value is -2.17. The number of carboxylic acids is 1. The Morgan fingerprint density at radius 1 is 1.33 bits per heavy atom. The van der Waals surface area contributed by atoms with Gasteiger partial charge in [0.05, 0.1) is 24.5 Å². The van der Waals surface area contributed by atoms with Crippen molar-refractivity contribution in [3.8, 4) is 5.69 Å². The topological polar surface area (TPSA) is 68.0 Å². The van der Waals surface area contributed by atoms with E-state index < -0.39 is 5.97 Å². The molecular weight excluding hydrogens is 230 g/mol. The third kappa shape index (κ3) is 1.88. The fourth-order valence-corrected chi connectivity index (χ4v) is 2.32. The van der Waals surface area contributed by atoms with Crippen molar-refractivity contribution in [1.29, 1.82) is 0 Å². The van der Waals surface area contributed by atoms with E-state index in [4.69, 9.17) is 5.11 Å². The third-order valence-electron chi connectivity index (χ3n) is 3.51. The Balaban J connectivity index is 1.86. The van der Waals surface area contributed by atoms with Crippen molar-refractivity contribution >= 4 is 5.97 Å². The van der Waals surface area contributed by atoms with E-state index in [2.05, 4.69) is 10.3 Å². The lowest BCUT2D eigenvalue weighted by molar-refractivity contribution is -0.137. The molecule has 1 fully saturated rings. The molecule has 0 aliphatic heterocycles. The zero-order valence-corrected chi connectivity index (χ0v) is 9.78. The van der Waals surface area contributed by atoms with Gasteiger partial charge >= 0.3 is 5.97 Å². The van der Waals surface area contributed by atoms with Gasteiger partial charge in [-0.05, 0) is 30.5 Å². The normalized spacial score (nSPS) is 16.4. The average Bonchev–Trinajstić information content (AvgIpc) is 2.93. The second kappa shape index (κ2) is 3.94. The summed E-state index contributed by atoms with van der Waals surface area (Å²) in [5, 5.41) is 16.6. The van der Waals surface area contributed by atoms with Gasteiger partial charge in [0.15, 0.2) is 0 Å². The minimum Gasteiger partial charge on any atom is -0.481 e. The van der Waals surface area contributed by atoms with Gasteiger partial charge in [0.2, 0.25) is 0 Å². The molecule has 1 aromatic heterocycles. The number of carboxylic acid groups (broad SMARTS) is 1. The second-order valence-corrected chi connectivity index (χ2v) is 4.75. The molecule has 1 aliphatic rings. The monoisotopic (exact) mass is 243 g/mol. The molecule has 1 heterocycles. The summed E-state index contributed by atoms with van der Waals surface area (Å²) in [6, 6.07) is 7.89. The number of aromatic nitrogens is 3. The molecule has 0 amide bonds. The Bertz CT molecular complexity index is 556. The van der Waals surface area contributed by atoms with Gasteiger partial charge in [-0.15, -0.1) is 5.10 Å². The van der Waals surface area contributed by atoms with Gasteiger partial charge in [-0.1, -0.05) is 17.3 Å². The van der Waals surface area contributed by atoms with Crippen molar-refractivity contribution < 1.29 is 9.90 Å². The van der Waals surface area contributed by atoms with Gasteiger partial charge < -0.3 is 5.11 Å². The van der Waals surface area contributed by atoms with Crippen LogP contribution in [-0.4, -0.2) is 26.1 Å². The van der Waals surface area contributed by atoms with Crippen LogP contribution in [0.2, 0.25) is 0 Å². The fraction of sp³-hybridized carbons (Fsp3) is 0.308. The van der Waals surface area contributed by atoms with Crippen LogP contribution in [0, 0.1) is 0 Å². The van der Waals surface area contributed by atoms with E-state index in [1.54, 1.807) is 17.1 Å². The number of nitrogens with zero attached hydrogens (tertiary/aromatic N) is 3. The summed E-state index contributed by atoms with van der Waals surface area (Å²) < 4.78 is 1.68. The van der Waals surface area contributed by atoms with Gasteiger partial charge in [0, 0.05) is 5.41 Å². The molecule has 1 aliphatic carbocycles. The van der Waals surface area contributed by atoms with Crippen molar-refractivity contribution in [3.63, 3.8) is 0 Å². The smallest absolute Gasteiger partial charge is 0.304 e. The molecule has 0 atom stereocenters. The number of hydrogen-bond acceptors (Lipinski definition) is 3. The largest absolute Gasteiger partial charge is 0.481 e. The van der Waals surface area contributed by atoms with E-state index in [-0.39, 0.29) is 11.8 Å². The van der Waals surface area contributed by atoms with Crippen LogP contribution < -0.4 is 0 Å². The van der Waals surface area contributed by atoms with Crippen molar-refractivity contribution in [2.24, 2.45) is 0 Å². The molecule has 5 heteroatoms. The molecule has 5 nitrogen and oxygen atoms in total. The summed E-state index contributed by atoms with van der Waals surface area (Å²) in [7, 11) is 0. The average molecular weight is 243 g/mol.